The maximum Gasteiger partial charge on any atom is 0.0414 e. The number of carbonyl (C=O) groups is 1. The Morgan fingerprint density at radius 2 is 1.92 bits per heavy atom. The standard InChI is InChI=1S/C11H14O2/c1-9-5-7-10(8-6-9)3-2-4-11(12)13/h5-8H,2-4H2,1H3,(H,12,13)/p-1. The Morgan fingerprint density at radius 3 is 2.46 bits per heavy atom. The number of benzene rings is 1. The normalized spacial score (nSPS) is 9.92. The molecule has 0 radical (unpaired) electrons. The minimum atomic E-state index is -0.966. The number of carbonyl (C=O) groups excluding carboxylic acids is 1. The van der Waals surface area contributed by atoms with Crippen LogP contribution in [0, 0.1) is 6.92 Å². The second-order valence-corrected chi connectivity index (χ2v) is 3.21. The summed E-state index contributed by atoms with van der Waals surface area (Å²) in [4.78, 5) is 10.1. The molecule has 0 atom stereocenters. The lowest BCUT2D eigenvalue weighted by Crippen LogP contribution is -2.21. The van der Waals surface area contributed by atoms with E-state index in [2.05, 4.69) is 0 Å². The van der Waals surface area contributed by atoms with Crippen LogP contribution in [-0.2, 0) is 11.2 Å². The van der Waals surface area contributed by atoms with Gasteiger partial charge in [-0.1, -0.05) is 29.8 Å². The van der Waals surface area contributed by atoms with Crippen LogP contribution in [0.4, 0.5) is 0 Å². The highest BCUT2D eigenvalue weighted by atomic mass is 16.4. The van der Waals surface area contributed by atoms with Crippen LogP contribution < -0.4 is 5.11 Å². The van der Waals surface area contributed by atoms with Crippen molar-refractivity contribution in [1.82, 2.24) is 0 Å². The van der Waals surface area contributed by atoms with Gasteiger partial charge in [-0.2, -0.15) is 0 Å². The van der Waals surface area contributed by atoms with Crippen LogP contribution in [-0.4, -0.2) is 5.97 Å². The molecule has 2 nitrogen and oxygen atoms in total. The first-order valence-electron chi connectivity index (χ1n) is 4.44. The molecule has 0 fully saturated rings. The van der Waals surface area contributed by atoms with Crippen molar-refractivity contribution in [1.29, 1.82) is 0 Å². The van der Waals surface area contributed by atoms with Gasteiger partial charge in [0.25, 0.3) is 0 Å². The van der Waals surface area contributed by atoms with Crippen LogP contribution in [0.15, 0.2) is 24.3 Å². The highest BCUT2D eigenvalue weighted by molar-refractivity contribution is 5.64. The van der Waals surface area contributed by atoms with Gasteiger partial charge in [0.05, 0.1) is 0 Å². The van der Waals surface area contributed by atoms with Gasteiger partial charge < -0.3 is 9.90 Å². The van der Waals surface area contributed by atoms with E-state index in [0.717, 1.165) is 6.42 Å². The maximum absolute atomic E-state index is 10.1. The third-order valence-electron chi connectivity index (χ3n) is 1.97. The summed E-state index contributed by atoms with van der Waals surface area (Å²) >= 11 is 0. The molecule has 0 unspecified atom stereocenters. The van der Waals surface area contributed by atoms with Crippen LogP contribution >= 0.6 is 0 Å². The molecule has 0 aliphatic rings. The van der Waals surface area contributed by atoms with Gasteiger partial charge in [-0.3, -0.25) is 0 Å². The summed E-state index contributed by atoms with van der Waals surface area (Å²) < 4.78 is 0. The molecule has 0 saturated carbocycles. The van der Waals surface area contributed by atoms with Gasteiger partial charge in [0.1, 0.15) is 0 Å². The molecule has 0 saturated heterocycles. The van der Waals surface area contributed by atoms with Gasteiger partial charge in [-0.25, -0.2) is 0 Å². The second kappa shape index (κ2) is 4.65. The van der Waals surface area contributed by atoms with Gasteiger partial charge in [-0.05, 0) is 31.7 Å². The summed E-state index contributed by atoms with van der Waals surface area (Å²) in [5.41, 5.74) is 2.41. The maximum atomic E-state index is 10.1. The molecule has 13 heavy (non-hydrogen) atoms. The lowest BCUT2D eigenvalue weighted by atomic mass is 10.1. The first-order valence-corrected chi connectivity index (χ1v) is 4.44. The first kappa shape index (κ1) is 9.78. The monoisotopic (exact) mass is 177 g/mol. The average molecular weight is 177 g/mol. The van der Waals surface area contributed by atoms with Gasteiger partial charge in [0, 0.05) is 5.97 Å². The number of rotatable bonds is 4. The fraction of sp³-hybridized carbons (Fsp3) is 0.364. The van der Waals surface area contributed by atoms with E-state index >= 15 is 0 Å². The van der Waals surface area contributed by atoms with Gasteiger partial charge in [0.2, 0.25) is 0 Å². The molecule has 0 aliphatic heterocycles. The van der Waals surface area contributed by atoms with Crippen molar-refractivity contribution in [2.45, 2.75) is 26.2 Å². The Balaban J connectivity index is 2.37. The third kappa shape index (κ3) is 3.74. The Kier molecular flexibility index (Phi) is 3.50. The Hall–Kier alpha value is -1.31. The molecular formula is C11H13O2-. The summed E-state index contributed by atoms with van der Waals surface area (Å²) in [6.45, 7) is 2.03. The predicted molar refractivity (Wildman–Crippen MR) is 49.1 cm³/mol. The predicted octanol–water partition coefficient (Wildman–Crippen LogP) is 1.07. The van der Waals surface area contributed by atoms with E-state index in [9.17, 15) is 9.90 Å². The SMILES string of the molecule is Cc1ccc(CCCC(=O)[O-])cc1. The third-order valence-corrected chi connectivity index (χ3v) is 1.97. The van der Waals surface area contributed by atoms with Crippen LogP contribution in [0.5, 0.6) is 0 Å². The summed E-state index contributed by atoms with van der Waals surface area (Å²) in [7, 11) is 0. The molecular weight excluding hydrogens is 164 g/mol. The summed E-state index contributed by atoms with van der Waals surface area (Å²) in [5.74, 6) is -0.966. The van der Waals surface area contributed by atoms with E-state index in [-0.39, 0.29) is 6.42 Å². The molecule has 1 aromatic carbocycles. The van der Waals surface area contributed by atoms with Crippen molar-refractivity contribution < 1.29 is 9.90 Å². The van der Waals surface area contributed by atoms with Crippen molar-refractivity contribution in [2.24, 2.45) is 0 Å². The lowest BCUT2D eigenvalue weighted by Gasteiger charge is -2.02. The number of aliphatic carboxylic acids is 1. The number of carboxylic acids is 1. The fourth-order valence-electron chi connectivity index (χ4n) is 1.19. The van der Waals surface area contributed by atoms with Crippen LogP contribution in [0.1, 0.15) is 24.0 Å². The van der Waals surface area contributed by atoms with Crippen molar-refractivity contribution in [2.75, 3.05) is 0 Å². The zero-order valence-electron chi connectivity index (χ0n) is 7.75. The molecule has 2 heteroatoms. The molecule has 0 bridgehead atoms. The largest absolute Gasteiger partial charge is 0.550 e. The molecule has 0 spiro atoms. The second-order valence-electron chi connectivity index (χ2n) is 3.21. The smallest absolute Gasteiger partial charge is 0.0414 e. The Labute approximate surface area is 78.2 Å². The summed E-state index contributed by atoms with van der Waals surface area (Å²) in [5, 5.41) is 10.1. The van der Waals surface area contributed by atoms with E-state index in [1.54, 1.807) is 0 Å². The number of carboxylic acid groups (broad SMARTS) is 1. The van der Waals surface area contributed by atoms with Crippen LogP contribution in [0.3, 0.4) is 0 Å². The molecule has 0 amide bonds. The average Bonchev–Trinajstić information content (AvgIpc) is 2.08. The lowest BCUT2D eigenvalue weighted by molar-refractivity contribution is -0.305. The van der Waals surface area contributed by atoms with Crippen molar-refractivity contribution in [3.63, 3.8) is 0 Å². The minimum absolute atomic E-state index is 0.147. The highest BCUT2D eigenvalue weighted by Crippen LogP contribution is 2.06. The zero-order valence-corrected chi connectivity index (χ0v) is 7.75. The molecule has 0 aromatic heterocycles. The Morgan fingerprint density at radius 1 is 1.31 bits per heavy atom. The van der Waals surface area contributed by atoms with E-state index in [1.165, 1.54) is 11.1 Å². The zero-order chi connectivity index (χ0) is 9.68. The molecule has 0 aliphatic carbocycles. The molecule has 0 heterocycles. The Bertz CT molecular complexity index is 275. The number of hydrogen-bond donors (Lipinski definition) is 0. The van der Waals surface area contributed by atoms with Gasteiger partial charge in [-0.15, -0.1) is 0 Å². The quantitative estimate of drug-likeness (QED) is 0.690. The van der Waals surface area contributed by atoms with E-state index in [0.29, 0.717) is 6.42 Å². The van der Waals surface area contributed by atoms with Crippen molar-refractivity contribution in [3.05, 3.63) is 35.4 Å². The first-order chi connectivity index (χ1) is 6.18. The number of hydrogen-bond acceptors (Lipinski definition) is 2. The number of aryl methyl sites for hydroxylation is 2. The molecule has 0 N–H and O–H groups in total. The fourth-order valence-corrected chi connectivity index (χ4v) is 1.19. The van der Waals surface area contributed by atoms with E-state index < -0.39 is 5.97 Å². The van der Waals surface area contributed by atoms with Gasteiger partial charge in [0.15, 0.2) is 0 Å². The van der Waals surface area contributed by atoms with Crippen LogP contribution in [0.2, 0.25) is 0 Å². The van der Waals surface area contributed by atoms with E-state index in [1.807, 2.05) is 31.2 Å². The van der Waals surface area contributed by atoms with Crippen molar-refractivity contribution in [3.8, 4) is 0 Å². The topological polar surface area (TPSA) is 40.1 Å². The molecule has 1 aromatic rings. The molecule has 70 valence electrons. The highest BCUT2D eigenvalue weighted by Gasteiger charge is 1.93. The van der Waals surface area contributed by atoms with Crippen LogP contribution in [0.25, 0.3) is 0 Å². The summed E-state index contributed by atoms with van der Waals surface area (Å²) in [6.07, 6.45) is 1.62. The van der Waals surface area contributed by atoms with Crippen molar-refractivity contribution >= 4 is 5.97 Å². The van der Waals surface area contributed by atoms with E-state index in [4.69, 9.17) is 0 Å². The minimum Gasteiger partial charge on any atom is -0.550 e. The molecule has 1 rings (SSSR count). The van der Waals surface area contributed by atoms with Gasteiger partial charge >= 0.3 is 0 Å². The summed E-state index contributed by atoms with van der Waals surface area (Å²) in [6, 6.07) is 8.14.